The fourth-order valence-corrected chi connectivity index (χ4v) is 2.05. The predicted molar refractivity (Wildman–Crippen MR) is 78.9 cm³/mol. The van der Waals surface area contributed by atoms with Gasteiger partial charge in [0.1, 0.15) is 11.5 Å². The van der Waals surface area contributed by atoms with Gasteiger partial charge in [0, 0.05) is 6.07 Å². The number of amides is 1. The van der Waals surface area contributed by atoms with Crippen LogP contribution in [0.15, 0.2) is 35.1 Å². The van der Waals surface area contributed by atoms with Crippen LogP contribution in [0, 0.1) is 6.92 Å². The van der Waals surface area contributed by atoms with Gasteiger partial charge in [-0.25, -0.2) is 9.78 Å². The Kier molecular flexibility index (Phi) is 4.91. The van der Waals surface area contributed by atoms with Crippen molar-refractivity contribution in [3.8, 4) is 0 Å². The van der Waals surface area contributed by atoms with Gasteiger partial charge in [-0.15, -0.1) is 0 Å². The van der Waals surface area contributed by atoms with E-state index in [1.165, 1.54) is 6.92 Å². The zero-order valence-corrected chi connectivity index (χ0v) is 12.7. The maximum absolute atomic E-state index is 12.6. The normalized spacial score (nSPS) is 12.5. The van der Waals surface area contributed by atoms with E-state index in [1.54, 1.807) is 0 Å². The van der Waals surface area contributed by atoms with Crippen molar-refractivity contribution in [2.24, 2.45) is 0 Å². The monoisotopic (exact) mass is 355 g/mol. The number of halogens is 3. The van der Waals surface area contributed by atoms with E-state index in [0.717, 1.165) is 18.2 Å². The van der Waals surface area contributed by atoms with Crippen LogP contribution in [-0.2, 0) is 11.0 Å². The lowest BCUT2D eigenvalue weighted by atomic mass is 10.0. The highest BCUT2D eigenvalue weighted by molar-refractivity contribution is 5.95. The quantitative estimate of drug-likeness (QED) is 0.772. The van der Waals surface area contributed by atoms with Crippen LogP contribution in [0.25, 0.3) is 0 Å². The Balaban J connectivity index is 2.28. The van der Waals surface area contributed by atoms with Crippen LogP contribution in [0.3, 0.4) is 0 Å². The number of nitrogens with one attached hydrogen (secondary N) is 2. The zero-order chi connectivity index (χ0) is 18.8. The van der Waals surface area contributed by atoms with Gasteiger partial charge in [0.05, 0.1) is 5.56 Å². The second kappa shape index (κ2) is 6.75. The number of alkyl halides is 3. The number of hydrogen-bond acceptors (Lipinski definition) is 4. The van der Waals surface area contributed by atoms with Gasteiger partial charge in [0.2, 0.25) is 0 Å². The number of carboxylic acid groups (broad SMARTS) is 1. The summed E-state index contributed by atoms with van der Waals surface area (Å²) in [5, 5.41) is 11.4. The van der Waals surface area contributed by atoms with E-state index in [-0.39, 0.29) is 17.1 Å². The molecule has 0 bridgehead atoms. The fraction of sp³-hybridized carbons (Fsp3) is 0.200. The minimum Gasteiger partial charge on any atom is -0.479 e. The number of carboxylic acids is 1. The van der Waals surface area contributed by atoms with E-state index in [9.17, 15) is 32.7 Å². The average Bonchev–Trinajstić information content (AvgIpc) is 2.50. The summed E-state index contributed by atoms with van der Waals surface area (Å²) in [7, 11) is 0. The van der Waals surface area contributed by atoms with Crippen LogP contribution in [0.1, 0.15) is 33.5 Å². The van der Waals surface area contributed by atoms with Crippen molar-refractivity contribution < 1.29 is 27.9 Å². The van der Waals surface area contributed by atoms with Crippen molar-refractivity contribution >= 4 is 11.9 Å². The van der Waals surface area contributed by atoms with Gasteiger partial charge in [0.25, 0.3) is 11.5 Å². The fourth-order valence-electron chi connectivity index (χ4n) is 2.05. The molecule has 0 unspecified atom stereocenters. The Hall–Kier alpha value is -3.17. The Labute approximate surface area is 138 Å². The molecule has 0 spiro atoms. The second-order valence-corrected chi connectivity index (χ2v) is 5.08. The lowest BCUT2D eigenvalue weighted by Gasteiger charge is -2.15. The van der Waals surface area contributed by atoms with E-state index in [1.807, 2.05) is 0 Å². The van der Waals surface area contributed by atoms with Gasteiger partial charge in [-0.3, -0.25) is 9.59 Å². The van der Waals surface area contributed by atoms with Crippen molar-refractivity contribution in [3.63, 3.8) is 0 Å². The number of aliphatic carboxylic acids is 1. The molecule has 1 aromatic carbocycles. The molecule has 1 heterocycles. The van der Waals surface area contributed by atoms with Gasteiger partial charge in [-0.1, -0.05) is 12.1 Å². The van der Waals surface area contributed by atoms with Crippen molar-refractivity contribution in [2.75, 3.05) is 0 Å². The van der Waals surface area contributed by atoms with Gasteiger partial charge < -0.3 is 15.4 Å². The van der Waals surface area contributed by atoms with Gasteiger partial charge >= 0.3 is 12.1 Å². The van der Waals surface area contributed by atoms with Crippen LogP contribution >= 0.6 is 0 Å². The van der Waals surface area contributed by atoms with E-state index in [4.69, 9.17) is 0 Å². The van der Waals surface area contributed by atoms with E-state index in [2.05, 4.69) is 15.3 Å². The molecule has 0 saturated heterocycles. The number of aryl methyl sites for hydroxylation is 1. The van der Waals surface area contributed by atoms with Crippen LogP contribution in [-0.4, -0.2) is 27.0 Å². The van der Waals surface area contributed by atoms with E-state index in [0.29, 0.717) is 12.1 Å². The Morgan fingerprint density at radius 3 is 2.32 bits per heavy atom. The molecule has 0 aliphatic carbocycles. The Bertz CT molecular complexity index is 860. The van der Waals surface area contributed by atoms with Crippen LogP contribution in [0.5, 0.6) is 0 Å². The van der Waals surface area contributed by atoms with Crippen molar-refractivity contribution in [1.29, 1.82) is 0 Å². The topological polar surface area (TPSA) is 112 Å². The molecule has 0 aliphatic rings. The molecule has 1 amide bonds. The number of carbonyl (C=O) groups is 2. The number of H-pyrrole nitrogens is 1. The molecular formula is C15H12F3N3O4. The van der Waals surface area contributed by atoms with Crippen LogP contribution in [0.4, 0.5) is 13.2 Å². The molecule has 7 nitrogen and oxygen atoms in total. The lowest BCUT2D eigenvalue weighted by Crippen LogP contribution is -2.35. The summed E-state index contributed by atoms with van der Waals surface area (Å²) in [6, 6.07) is 2.63. The molecule has 1 aromatic heterocycles. The standard InChI is InChI=1S/C15H12F3N3O4/c1-7-19-10(6-11(22)20-7)13(23)21-12(14(24)25)8-2-4-9(5-3-8)15(16,17)18/h2-6,12H,1H3,(H,21,23)(H,24,25)(H,19,20,22)/t12-/m0/s1. The first kappa shape index (κ1) is 18.2. The lowest BCUT2D eigenvalue weighted by molar-refractivity contribution is -0.139. The van der Waals surface area contributed by atoms with Crippen molar-refractivity contribution in [2.45, 2.75) is 19.1 Å². The Morgan fingerprint density at radius 1 is 1.24 bits per heavy atom. The van der Waals surface area contributed by atoms with Crippen LogP contribution in [0.2, 0.25) is 0 Å². The number of carbonyl (C=O) groups excluding carboxylic acids is 1. The summed E-state index contributed by atoms with van der Waals surface area (Å²) >= 11 is 0. The molecular weight excluding hydrogens is 343 g/mol. The van der Waals surface area contributed by atoms with Crippen molar-refractivity contribution in [1.82, 2.24) is 15.3 Å². The largest absolute Gasteiger partial charge is 0.479 e. The number of rotatable bonds is 4. The smallest absolute Gasteiger partial charge is 0.416 e. The minimum atomic E-state index is -4.56. The summed E-state index contributed by atoms with van der Waals surface area (Å²) in [5.41, 5.74) is -1.91. The van der Waals surface area contributed by atoms with Gasteiger partial charge in [-0.2, -0.15) is 13.2 Å². The van der Waals surface area contributed by atoms with Crippen LogP contribution < -0.4 is 10.9 Å². The summed E-state index contributed by atoms with van der Waals surface area (Å²) in [5.74, 6) is -2.27. The molecule has 0 aliphatic heterocycles. The summed E-state index contributed by atoms with van der Waals surface area (Å²) in [4.78, 5) is 40.9. The molecule has 0 saturated carbocycles. The minimum absolute atomic E-state index is 0.0598. The number of benzene rings is 1. The summed E-state index contributed by atoms with van der Waals surface area (Å²) < 4.78 is 37.7. The predicted octanol–water partition coefficient (Wildman–Crippen LogP) is 1.65. The second-order valence-electron chi connectivity index (χ2n) is 5.08. The summed E-state index contributed by atoms with van der Waals surface area (Å²) in [6.07, 6.45) is -4.56. The Morgan fingerprint density at radius 2 is 1.84 bits per heavy atom. The first-order chi connectivity index (χ1) is 11.6. The maximum Gasteiger partial charge on any atom is 0.416 e. The molecule has 2 aromatic rings. The molecule has 132 valence electrons. The number of aromatic amines is 1. The number of aromatic nitrogens is 2. The molecule has 1 atom stereocenters. The zero-order valence-electron chi connectivity index (χ0n) is 12.7. The molecule has 0 fully saturated rings. The SMILES string of the molecule is Cc1nc(C(=O)N[C@H](C(=O)O)c2ccc(C(F)(F)F)cc2)cc(=O)[nH]1. The molecule has 10 heteroatoms. The highest BCUT2D eigenvalue weighted by Gasteiger charge is 2.31. The molecule has 3 N–H and O–H groups in total. The molecule has 25 heavy (non-hydrogen) atoms. The highest BCUT2D eigenvalue weighted by Crippen LogP contribution is 2.30. The molecule has 0 radical (unpaired) electrons. The third kappa shape index (κ3) is 4.43. The van der Waals surface area contributed by atoms with Gasteiger partial charge in [-0.05, 0) is 24.6 Å². The third-order valence-corrected chi connectivity index (χ3v) is 3.19. The molecule has 2 rings (SSSR count). The first-order valence-corrected chi connectivity index (χ1v) is 6.86. The third-order valence-electron chi connectivity index (χ3n) is 3.19. The number of hydrogen-bond donors (Lipinski definition) is 3. The summed E-state index contributed by atoms with van der Waals surface area (Å²) in [6.45, 7) is 1.43. The maximum atomic E-state index is 12.6. The van der Waals surface area contributed by atoms with Gasteiger partial charge in [0.15, 0.2) is 6.04 Å². The highest BCUT2D eigenvalue weighted by atomic mass is 19.4. The average molecular weight is 355 g/mol. The van der Waals surface area contributed by atoms with Crippen molar-refractivity contribution in [3.05, 3.63) is 63.3 Å². The first-order valence-electron chi connectivity index (χ1n) is 6.86. The number of nitrogens with zero attached hydrogens (tertiary/aromatic N) is 1. The van der Waals surface area contributed by atoms with E-state index < -0.39 is 35.2 Å². The van der Waals surface area contributed by atoms with E-state index >= 15 is 0 Å².